The Hall–Kier alpha value is -1.53. The number of aliphatic imine (C=N–C) groups is 1. The standard InChI is InChI=1S/C18H17ClFNO3S/c19-11-7-6-10(9-12(11)20)16-17-13(3-1-5-15(17)22)21-14-4-2-8-25(23,24)18(14)16/h6-7,9,16-17H,1-5,8H2. The van der Waals surface area contributed by atoms with Crippen LogP contribution in [-0.4, -0.2) is 25.7 Å². The maximum atomic E-state index is 14.1. The first-order valence-electron chi connectivity index (χ1n) is 8.39. The number of halogens is 2. The zero-order valence-electron chi connectivity index (χ0n) is 13.5. The highest BCUT2D eigenvalue weighted by Crippen LogP contribution is 2.47. The van der Waals surface area contributed by atoms with Crippen LogP contribution in [0.5, 0.6) is 0 Å². The summed E-state index contributed by atoms with van der Waals surface area (Å²) in [6, 6.07) is 4.29. The summed E-state index contributed by atoms with van der Waals surface area (Å²) in [6.45, 7) is 0. The Morgan fingerprint density at radius 1 is 1.12 bits per heavy atom. The summed E-state index contributed by atoms with van der Waals surface area (Å²) in [6.07, 6.45) is 2.91. The molecule has 0 bridgehead atoms. The molecular formula is C18H17ClFNO3S. The van der Waals surface area contributed by atoms with E-state index in [1.807, 2.05) is 0 Å². The van der Waals surface area contributed by atoms with E-state index in [1.165, 1.54) is 12.1 Å². The fourth-order valence-corrected chi connectivity index (χ4v) is 6.17. The second-order valence-corrected chi connectivity index (χ2v) is 9.27. The van der Waals surface area contributed by atoms with Gasteiger partial charge in [-0.3, -0.25) is 9.79 Å². The van der Waals surface area contributed by atoms with Crippen molar-refractivity contribution in [3.63, 3.8) is 0 Å². The van der Waals surface area contributed by atoms with Crippen LogP contribution in [0.2, 0.25) is 5.02 Å². The lowest BCUT2D eigenvalue weighted by molar-refractivity contribution is -0.121. The zero-order valence-corrected chi connectivity index (χ0v) is 15.0. The van der Waals surface area contributed by atoms with Crippen LogP contribution in [0.3, 0.4) is 0 Å². The molecule has 0 radical (unpaired) electrons. The molecule has 7 heteroatoms. The number of hydrogen-bond acceptors (Lipinski definition) is 4. The first-order valence-corrected chi connectivity index (χ1v) is 10.4. The topological polar surface area (TPSA) is 63.6 Å². The van der Waals surface area contributed by atoms with Crippen molar-refractivity contribution in [1.82, 2.24) is 0 Å². The van der Waals surface area contributed by atoms with Gasteiger partial charge in [0.2, 0.25) is 0 Å². The van der Waals surface area contributed by atoms with Crippen molar-refractivity contribution < 1.29 is 17.6 Å². The van der Waals surface area contributed by atoms with Crippen molar-refractivity contribution >= 4 is 32.9 Å². The molecule has 1 aliphatic carbocycles. The molecule has 132 valence electrons. The van der Waals surface area contributed by atoms with E-state index in [0.29, 0.717) is 36.9 Å². The number of benzene rings is 1. The molecule has 25 heavy (non-hydrogen) atoms. The average Bonchev–Trinajstić information content (AvgIpc) is 2.55. The summed E-state index contributed by atoms with van der Waals surface area (Å²) in [5, 5.41) is -0.0240. The van der Waals surface area contributed by atoms with Crippen LogP contribution in [0, 0.1) is 11.7 Å². The van der Waals surface area contributed by atoms with Gasteiger partial charge in [-0.1, -0.05) is 17.7 Å². The molecule has 0 aromatic heterocycles. The number of allylic oxidation sites excluding steroid dienone is 2. The van der Waals surface area contributed by atoms with Crippen LogP contribution in [0.1, 0.15) is 43.6 Å². The molecule has 1 saturated carbocycles. The number of fused-ring (bicyclic) bond motifs is 1. The largest absolute Gasteiger partial charge is 0.299 e. The minimum absolute atomic E-state index is 0.0160. The Bertz CT molecular complexity index is 936. The van der Waals surface area contributed by atoms with E-state index in [2.05, 4.69) is 4.99 Å². The quantitative estimate of drug-likeness (QED) is 0.743. The zero-order chi connectivity index (χ0) is 17.8. The number of sulfone groups is 1. The van der Waals surface area contributed by atoms with Crippen LogP contribution in [0.15, 0.2) is 33.8 Å². The number of carbonyl (C=O) groups is 1. The van der Waals surface area contributed by atoms with Crippen molar-refractivity contribution in [3.8, 4) is 0 Å². The predicted molar refractivity (Wildman–Crippen MR) is 94.0 cm³/mol. The van der Waals surface area contributed by atoms with Gasteiger partial charge in [0.15, 0.2) is 9.84 Å². The molecule has 4 nitrogen and oxygen atoms in total. The maximum absolute atomic E-state index is 14.1. The summed E-state index contributed by atoms with van der Waals surface area (Å²) in [7, 11) is -3.51. The molecule has 2 aliphatic heterocycles. The summed E-state index contributed by atoms with van der Waals surface area (Å²) in [4.78, 5) is 17.4. The van der Waals surface area contributed by atoms with Crippen LogP contribution < -0.4 is 0 Å². The van der Waals surface area contributed by atoms with Crippen molar-refractivity contribution in [2.75, 3.05) is 5.75 Å². The minimum atomic E-state index is -3.51. The maximum Gasteiger partial charge on any atom is 0.177 e. The third kappa shape index (κ3) is 2.75. The SMILES string of the molecule is O=C1CCCC2=NC3=C(C(c4ccc(Cl)c(F)c4)C12)S(=O)(=O)CCC3. The molecule has 0 amide bonds. The van der Waals surface area contributed by atoms with E-state index in [9.17, 15) is 17.6 Å². The molecule has 0 saturated heterocycles. The van der Waals surface area contributed by atoms with Gasteiger partial charge in [0.05, 0.1) is 27.3 Å². The third-order valence-corrected chi connectivity index (χ3v) is 7.50. The fourth-order valence-electron chi connectivity index (χ4n) is 4.14. The lowest BCUT2D eigenvalue weighted by Crippen LogP contribution is -2.40. The summed E-state index contributed by atoms with van der Waals surface area (Å²) >= 11 is 5.78. The molecule has 0 spiro atoms. The second-order valence-electron chi connectivity index (χ2n) is 6.79. The van der Waals surface area contributed by atoms with Crippen molar-refractivity contribution in [2.45, 2.75) is 38.0 Å². The third-order valence-electron chi connectivity index (χ3n) is 5.21. The van der Waals surface area contributed by atoms with Gasteiger partial charge in [0, 0.05) is 18.1 Å². The second kappa shape index (κ2) is 6.02. The fraction of sp³-hybridized carbons (Fsp3) is 0.444. The van der Waals surface area contributed by atoms with E-state index in [-0.39, 0.29) is 21.5 Å². The summed E-state index contributed by atoms with van der Waals surface area (Å²) in [5.41, 5.74) is 1.77. The Morgan fingerprint density at radius 2 is 1.92 bits per heavy atom. The highest BCUT2D eigenvalue weighted by molar-refractivity contribution is 7.95. The van der Waals surface area contributed by atoms with E-state index >= 15 is 0 Å². The Morgan fingerprint density at radius 3 is 2.68 bits per heavy atom. The van der Waals surface area contributed by atoms with Gasteiger partial charge in [-0.2, -0.15) is 0 Å². The normalized spacial score (nSPS) is 28.2. The molecule has 2 atom stereocenters. The molecule has 1 aromatic rings. The highest BCUT2D eigenvalue weighted by Gasteiger charge is 2.46. The summed E-state index contributed by atoms with van der Waals surface area (Å²) in [5.74, 6) is -1.88. The van der Waals surface area contributed by atoms with Crippen molar-refractivity contribution in [3.05, 3.63) is 45.2 Å². The van der Waals surface area contributed by atoms with E-state index < -0.39 is 27.5 Å². The van der Waals surface area contributed by atoms with E-state index in [1.54, 1.807) is 6.07 Å². The summed E-state index contributed by atoms with van der Waals surface area (Å²) < 4.78 is 39.6. The highest BCUT2D eigenvalue weighted by atomic mass is 35.5. The Balaban J connectivity index is 1.96. The van der Waals surface area contributed by atoms with E-state index in [0.717, 1.165) is 12.1 Å². The smallest absolute Gasteiger partial charge is 0.177 e. The first kappa shape index (κ1) is 16.9. The van der Waals surface area contributed by atoms with Gasteiger partial charge < -0.3 is 0 Å². The van der Waals surface area contributed by atoms with Crippen molar-refractivity contribution in [2.24, 2.45) is 10.9 Å². The number of rotatable bonds is 1. The van der Waals surface area contributed by atoms with Gasteiger partial charge >= 0.3 is 0 Å². The number of ketones is 1. The average molecular weight is 382 g/mol. The predicted octanol–water partition coefficient (Wildman–Crippen LogP) is 3.81. The molecule has 2 unspecified atom stereocenters. The van der Waals surface area contributed by atoms with Gasteiger partial charge in [-0.05, 0) is 43.4 Å². The van der Waals surface area contributed by atoms with Gasteiger partial charge in [0.25, 0.3) is 0 Å². The van der Waals surface area contributed by atoms with Crippen LogP contribution in [0.4, 0.5) is 4.39 Å². The molecule has 0 N–H and O–H groups in total. The number of hydrogen-bond donors (Lipinski definition) is 0. The minimum Gasteiger partial charge on any atom is -0.299 e. The van der Waals surface area contributed by atoms with Crippen LogP contribution in [0.25, 0.3) is 0 Å². The number of nitrogens with zero attached hydrogens (tertiary/aromatic N) is 1. The van der Waals surface area contributed by atoms with Crippen LogP contribution >= 0.6 is 11.6 Å². The molecule has 1 aromatic carbocycles. The lowest BCUT2D eigenvalue weighted by Gasteiger charge is -2.38. The molecule has 2 heterocycles. The van der Waals surface area contributed by atoms with Gasteiger partial charge in [-0.25, -0.2) is 12.8 Å². The van der Waals surface area contributed by atoms with E-state index in [4.69, 9.17) is 11.6 Å². The van der Waals surface area contributed by atoms with Gasteiger partial charge in [-0.15, -0.1) is 0 Å². The van der Waals surface area contributed by atoms with Gasteiger partial charge in [0.1, 0.15) is 11.6 Å². The monoisotopic (exact) mass is 381 g/mol. The lowest BCUT2D eigenvalue weighted by atomic mass is 9.72. The molecule has 1 fully saturated rings. The molecule has 4 rings (SSSR count). The Labute approximate surface area is 150 Å². The Kier molecular flexibility index (Phi) is 4.07. The number of Topliss-reactive ketones (excluding diaryl/α,β-unsaturated/α-hetero) is 1. The van der Waals surface area contributed by atoms with Crippen molar-refractivity contribution in [1.29, 1.82) is 0 Å². The molecular weight excluding hydrogens is 365 g/mol. The van der Waals surface area contributed by atoms with Crippen LogP contribution in [-0.2, 0) is 14.6 Å². The number of carbonyl (C=O) groups excluding carboxylic acids is 1. The first-order chi connectivity index (χ1) is 11.9. The molecule has 3 aliphatic rings.